The number of anilines is 2. The van der Waals surface area contributed by atoms with E-state index in [0.717, 1.165) is 12.1 Å². The molecule has 0 bridgehead atoms. The Morgan fingerprint density at radius 3 is 2.58 bits per heavy atom. The number of primary amides is 1. The van der Waals surface area contributed by atoms with Gasteiger partial charge < -0.3 is 31.5 Å². The Kier molecular flexibility index (Phi) is 7.63. The molecule has 1 saturated carbocycles. The van der Waals surface area contributed by atoms with Gasteiger partial charge in [-0.15, -0.1) is 0 Å². The molecule has 2 amide bonds. The van der Waals surface area contributed by atoms with Crippen LogP contribution in [0.25, 0.3) is 0 Å². The first-order valence-corrected chi connectivity index (χ1v) is 12.6. The summed E-state index contributed by atoms with van der Waals surface area (Å²) < 4.78 is 5.76. The summed E-state index contributed by atoms with van der Waals surface area (Å²) >= 11 is 0. The van der Waals surface area contributed by atoms with Gasteiger partial charge in [-0.05, 0) is 52.2 Å². The average Bonchev–Trinajstić information content (AvgIpc) is 3.65. The van der Waals surface area contributed by atoms with E-state index in [4.69, 9.17) is 21.5 Å². The van der Waals surface area contributed by atoms with Crippen molar-refractivity contribution in [3.05, 3.63) is 29.3 Å². The van der Waals surface area contributed by atoms with Gasteiger partial charge in [0.25, 0.3) is 11.8 Å². The summed E-state index contributed by atoms with van der Waals surface area (Å²) in [4.78, 5) is 43.9. The lowest BCUT2D eigenvalue weighted by Gasteiger charge is -2.32. The van der Waals surface area contributed by atoms with Crippen LogP contribution in [0.5, 0.6) is 6.01 Å². The maximum atomic E-state index is 12.9. The van der Waals surface area contributed by atoms with Crippen LogP contribution >= 0.6 is 0 Å². The van der Waals surface area contributed by atoms with Gasteiger partial charge in [-0.2, -0.15) is 20.2 Å². The van der Waals surface area contributed by atoms with Gasteiger partial charge in [0.2, 0.25) is 11.8 Å². The van der Waals surface area contributed by atoms with Crippen molar-refractivity contribution in [1.29, 1.82) is 5.26 Å². The molecular weight excluding hydrogens is 490 g/mol. The van der Waals surface area contributed by atoms with E-state index in [1.54, 1.807) is 32.9 Å². The highest BCUT2D eigenvalue weighted by molar-refractivity contribution is 5.95. The molecule has 1 saturated heterocycles. The molecule has 3 atom stereocenters. The molecule has 2 aliphatic rings. The minimum absolute atomic E-state index is 0.00748. The lowest BCUT2D eigenvalue weighted by molar-refractivity contribution is 0.0405. The molecule has 3 heterocycles. The third-order valence-corrected chi connectivity index (χ3v) is 7.11. The van der Waals surface area contributed by atoms with Crippen LogP contribution in [0.4, 0.5) is 11.6 Å². The van der Waals surface area contributed by atoms with Gasteiger partial charge >= 0.3 is 6.01 Å². The van der Waals surface area contributed by atoms with Gasteiger partial charge in [-0.3, -0.25) is 9.59 Å². The molecule has 1 aliphatic carbocycles. The van der Waals surface area contributed by atoms with Crippen LogP contribution < -0.4 is 26.4 Å². The number of nitriles is 1. The Balaban J connectivity index is 1.50. The number of aliphatic hydroxyl groups is 1. The predicted octanol–water partition coefficient (Wildman–Crippen LogP) is 0.759. The smallest absolute Gasteiger partial charge is 0.321 e. The molecule has 38 heavy (non-hydrogen) atoms. The Morgan fingerprint density at radius 1 is 1.26 bits per heavy atom. The third kappa shape index (κ3) is 6.25. The number of carbonyl (C=O) groups is 2. The summed E-state index contributed by atoms with van der Waals surface area (Å²) in [6, 6.07) is 5.11. The Labute approximate surface area is 220 Å². The van der Waals surface area contributed by atoms with Crippen molar-refractivity contribution < 1.29 is 19.4 Å². The second-order valence-electron chi connectivity index (χ2n) is 10.4. The highest BCUT2D eigenvalue weighted by Crippen LogP contribution is 2.37. The van der Waals surface area contributed by atoms with Crippen molar-refractivity contribution in [1.82, 2.24) is 25.3 Å². The van der Waals surface area contributed by atoms with Gasteiger partial charge in [0.05, 0.1) is 35.9 Å². The number of hydrogen-bond acceptors (Lipinski definition) is 11. The summed E-state index contributed by atoms with van der Waals surface area (Å²) in [6.07, 6.45) is 2.15. The van der Waals surface area contributed by atoms with Crippen molar-refractivity contribution in [2.75, 3.05) is 30.3 Å². The molecule has 202 valence electrons. The van der Waals surface area contributed by atoms with E-state index in [-0.39, 0.29) is 47.6 Å². The van der Waals surface area contributed by atoms with Gasteiger partial charge in [0, 0.05) is 30.6 Å². The molecule has 2 aromatic rings. The van der Waals surface area contributed by atoms with Crippen LogP contribution in [-0.4, -0.2) is 68.2 Å². The molecule has 0 spiro atoms. The second-order valence-corrected chi connectivity index (χ2v) is 10.4. The molecular formula is C25H33N9O4. The fraction of sp³-hybridized carbons (Fsp3) is 0.560. The summed E-state index contributed by atoms with van der Waals surface area (Å²) in [7, 11) is 0. The van der Waals surface area contributed by atoms with Gasteiger partial charge in [0.1, 0.15) is 0 Å². The number of nitrogens with zero attached hydrogens (tertiary/aromatic N) is 6. The number of rotatable bonds is 9. The number of amides is 2. The Bertz CT molecular complexity index is 1250. The van der Waals surface area contributed by atoms with Gasteiger partial charge in [-0.25, -0.2) is 4.98 Å². The predicted molar refractivity (Wildman–Crippen MR) is 137 cm³/mol. The number of nitrogens with one attached hydrogen (secondary N) is 1. The zero-order valence-electron chi connectivity index (χ0n) is 21.7. The zero-order chi connectivity index (χ0) is 27.6. The highest BCUT2D eigenvalue weighted by atomic mass is 16.5. The van der Waals surface area contributed by atoms with Crippen LogP contribution in [-0.2, 0) is 0 Å². The van der Waals surface area contributed by atoms with Crippen molar-refractivity contribution in [3.8, 4) is 12.1 Å². The Hall–Kier alpha value is -4.05. The summed E-state index contributed by atoms with van der Waals surface area (Å²) in [5.74, 6) is -0.905. The number of piperidine rings is 1. The summed E-state index contributed by atoms with van der Waals surface area (Å²) in [5, 5.41) is 22.0. The lowest BCUT2D eigenvalue weighted by atomic mass is 9.93. The summed E-state index contributed by atoms with van der Waals surface area (Å²) in [5.41, 5.74) is 11.1. The highest BCUT2D eigenvalue weighted by Gasteiger charge is 2.38. The fourth-order valence-corrected chi connectivity index (χ4v) is 4.15. The maximum Gasteiger partial charge on any atom is 0.321 e. The molecule has 1 aliphatic heterocycles. The van der Waals surface area contributed by atoms with E-state index in [9.17, 15) is 14.7 Å². The van der Waals surface area contributed by atoms with Crippen molar-refractivity contribution in [2.45, 2.75) is 57.6 Å². The second kappa shape index (κ2) is 10.7. The number of pyridine rings is 1. The van der Waals surface area contributed by atoms with Crippen LogP contribution in [0.1, 0.15) is 72.8 Å². The first kappa shape index (κ1) is 27.0. The first-order chi connectivity index (χ1) is 18.0. The quantitative estimate of drug-likeness (QED) is 0.361. The van der Waals surface area contributed by atoms with Crippen LogP contribution in [0.3, 0.4) is 0 Å². The number of nitrogens with two attached hydrogens (primary N) is 2. The van der Waals surface area contributed by atoms with Crippen molar-refractivity contribution in [3.63, 3.8) is 0 Å². The molecule has 0 aromatic carbocycles. The first-order valence-electron chi connectivity index (χ1n) is 12.6. The molecule has 13 nitrogen and oxygen atoms in total. The minimum Gasteiger partial charge on any atom is -0.463 e. The van der Waals surface area contributed by atoms with Crippen LogP contribution in [0.15, 0.2) is 12.1 Å². The zero-order valence-corrected chi connectivity index (χ0v) is 21.7. The molecule has 2 aromatic heterocycles. The van der Waals surface area contributed by atoms with Crippen LogP contribution in [0, 0.1) is 23.2 Å². The molecule has 4 rings (SSSR count). The monoisotopic (exact) mass is 523 g/mol. The number of carbonyl (C=O) groups excluding carboxylic acids is 2. The molecule has 1 unspecified atom stereocenters. The van der Waals surface area contributed by atoms with E-state index >= 15 is 0 Å². The third-order valence-electron chi connectivity index (χ3n) is 7.11. The molecule has 13 heteroatoms. The van der Waals surface area contributed by atoms with E-state index in [2.05, 4.69) is 31.3 Å². The standard InChI is InChI=1S/C25H33N9O4/c1-13(25(2,3)37)29-22(36)21-31-23(33-24(32-21)38-12-16-10-15(16)11-26)34-8-6-14(7-9-34)18-5-4-17(27)19(30-18)20(28)35/h4-5,13-16,37H,6-10,12,27H2,1-3H3,(H2,28,35)(H,29,36)/t13-,15?,16-/m1/s1. The maximum absolute atomic E-state index is 12.9. The topological polar surface area (TPSA) is 206 Å². The SMILES string of the molecule is C[C@@H](NC(=O)c1nc(OC[C@H]2CC2C#N)nc(N2CCC(c3ccc(N)c(C(N)=O)n3)CC2)n1)C(C)(C)O. The van der Waals surface area contributed by atoms with E-state index < -0.39 is 23.5 Å². The van der Waals surface area contributed by atoms with Crippen molar-refractivity contribution >= 4 is 23.5 Å². The number of hydrogen-bond donors (Lipinski definition) is 4. The van der Waals surface area contributed by atoms with Crippen LogP contribution in [0.2, 0.25) is 0 Å². The number of aromatic nitrogens is 4. The van der Waals surface area contributed by atoms with E-state index in [1.165, 1.54) is 0 Å². The molecule has 6 N–H and O–H groups in total. The number of ether oxygens (including phenoxy) is 1. The minimum atomic E-state index is -1.14. The molecule has 0 radical (unpaired) electrons. The van der Waals surface area contributed by atoms with Crippen molar-refractivity contribution in [2.24, 2.45) is 17.6 Å². The lowest BCUT2D eigenvalue weighted by Crippen LogP contribution is -2.47. The number of nitrogen functional groups attached to an aromatic ring is 1. The molecule has 2 fully saturated rings. The normalized spacial score (nSPS) is 20.3. The Morgan fingerprint density at radius 2 is 1.97 bits per heavy atom. The largest absolute Gasteiger partial charge is 0.463 e. The average molecular weight is 524 g/mol. The van der Waals surface area contributed by atoms with Gasteiger partial charge in [0.15, 0.2) is 5.69 Å². The van der Waals surface area contributed by atoms with E-state index in [0.29, 0.717) is 31.9 Å². The van der Waals surface area contributed by atoms with E-state index in [1.807, 2.05) is 4.90 Å². The van der Waals surface area contributed by atoms with Gasteiger partial charge in [-0.1, -0.05) is 0 Å². The fourth-order valence-electron chi connectivity index (χ4n) is 4.15. The summed E-state index contributed by atoms with van der Waals surface area (Å²) in [6.45, 7) is 6.28.